The van der Waals surface area contributed by atoms with Gasteiger partial charge in [0.1, 0.15) is 23.9 Å². The Hall–Kier alpha value is -1.71. The summed E-state index contributed by atoms with van der Waals surface area (Å²) in [6, 6.07) is 8.08. The number of benzene rings is 1. The molecule has 1 aromatic carbocycles. The molecule has 0 aliphatic heterocycles. The Labute approximate surface area is 122 Å². The van der Waals surface area contributed by atoms with Gasteiger partial charge in [0.2, 0.25) is 0 Å². The highest BCUT2D eigenvalue weighted by atomic mass is 79.9. The third kappa shape index (κ3) is 3.15. The molecule has 0 radical (unpaired) electrons. The number of nitriles is 3. The normalized spacial score (nSPS) is 8.67. The van der Waals surface area contributed by atoms with Crippen LogP contribution in [0.5, 0.6) is 0 Å². The molecule has 18 heavy (non-hydrogen) atoms. The van der Waals surface area contributed by atoms with Crippen molar-refractivity contribution in [2.24, 2.45) is 0 Å². The summed E-state index contributed by atoms with van der Waals surface area (Å²) in [6.07, 6.45) is 0. The van der Waals surface area contributed by atoms with Gasteiger partial charge >= 0.3 is 0 Å². The topological polar surface area (TPSA) is 83.4 Å². The van der Waals surface area contributed by atoms with E-state index in [1.807, 2.05) is 0 Å². The van der Waals surface area contributed by atoms with Crippen LogP contribution in [0.4, 0.5) is 5.69 Å². The van der Waals surface area contributed by atoms with Gasteiger partial charge in [-0.1, -0.05) is 39.1 Å². The van der Waals surface area contributed by atoms with E-state index in [4.69, 9.17) is 39.0 Å². The standard InChI is InChI=1S/C11H3BrCl2N4/c12-7-1-8(13)11(9(14)2-7)18-10(5-17)6(3-15)4-16/h1-2,18H. The minimum Gasteiger partial charge on any atom is -0.343 e. The van der Waals surface area contributed by atoms with Crippen LogP contribution in [0.2, 0.25) is 10.0 Å². The van der Waals surface area contributed by atoms with Crippen molar-refractivity contribution in [2.75, 3.05) is 5.32 Å². The van der Waals surface area contributed by atoms with Crippen molar-refractivity contribution in [1.82, 2.24) is 0 Å². The molecule has 7 heteroatoms. The van der Waals surface area contributed by atoms with Crippen LogP contribution in [-0.2, 0) is 0 Å². The highest BCUT2D eigenvalue weighted by Gasteiger charge is 2.12. The van der Waals surface area contributed by atoms with Crippen LogP contribution in [0.1, 0.15) is 0 Å². The van der Waals surface area contributed by atoms with Gasteiger partial charge in [0, 0.05) is 4.47 Å². The lowest BCUT2D eigenvalue weighted by Crippen LogP contribution is -2.01. The lowest BCUT2D eigenvalue weighted by atomic mass is 10.2. The average Bonchev–Trinajstić information content (AvgIpc) is 2.32. The van der Waals surface area contributed by atoms with Crippen molar-refractivity contribution in [3.63, 3.8) is 0 Å². The van der Waals surface area contributed by atoms with Crippen molar-refractivity contribution >= 4 is 44.8 Å². The van der Waals surface area contributed by atoms with Gasteiger partial charge in [0.15, 0.2) is 5.57 Å². The minimum atomic E-state index is -0.340. The summed E-state index contributed by atoms with van der Waals surface area (Å²) < 4.78 is 0.673. The van der Waals surface area contributed by atoms with E-state index < -0.39 is 0 Å². The first-order valence-corrected chi connectivity index (χ1v) is 5.94. The van der Waals surface area contributed by atoms with Crippen LogP contribution in [-0.4, -0.2) is 0 Å². The Morgan fingerprint density at radius 2 is 1.56 bits per heavy atom. The molecule has 1 N–H and O–H groups in total. The smallest absolute Gasteiger partial charge is 0.163 e. The zero-order valence-electron chi connectivity index (χ0n) is 8.63. The molecule has 0 atom stereocenters. The molecule has 4 nitrogen and oxygen atoms in total. The lowest BCUT2D eigenvalue weighted by molar-refractivity contribution is 1.37. The zero-order valence-corrected chi connectivity index (χ0v) is 11.7. The van der Waals surface area contributed by atoms with Crippen LogP contribution in [0.3, 0.4) is 0 Å². The Kier molecular flexibility index (Phi) is 5.01. The monoisotopic (exact) mass is 340 g/mol. The fraction of sp³-hybridized carbons (Fsp3) is 0. The Morgan fingerprint density at radius 1 is 1.06 bits per heavy atom. The predicted molar refractivity (Wildman–Crippen MR) is 71.6 cm³/mol. The van der Waals surface area contributed by atoms with E-state index in [1.165, 1.54) is 0 Å². The van der Waals surface area contributed by atoms with Crippen LogP contribution in [0.25, 0.3) is 0 Å². The van der Waals surface area contributed by atoms with E-state index in [2.05, 4.69) is 21.2 Å². The maximum absolute atomic E-state index is 8.89. The van der Waals surface area contributed by atoms with E-state index in [9.17, 15) is 0 Å². The Bertz CT molecular complexity index is 607. The first kappa shape index (κ1) is 14.4. The van der Waals surface area contributed by atoms with Gasteiger partial charge in [-0.3, -0.25) is 0 Å². The largest absolute Gasteiger partial charge is 0.343 e. The molecular formula is C11H3BrCl2N4. The van der Waals surface area contributed by atoms with Gasteiger partial charge in [-0.25, -0.2) is 0 Å². The van der Waals surface area contributed by atoms with E-state index in [1.54, 1.807) is 30.3 Å². The molecule has 0 saturated heterocycles. The van der Waals surface area contributed by atoms with Crippen molar-refractivity contribution < 1.29 is 0 Å². The number of hydrogen-bond acceptors (Lipinski definition) is 4. The molecule has 88 valence electrons. The molecule has 0 aliphatic carbocycles. The van der Waals surface area contributed by atoms with Crippen LogP contribution in [0.15, 0.2) is 27.9 Å². The van der Waals surface area contributed by atoms with E-state index in [-0.39, 0.29) is 27.0 Å². The first-order chi connectivity index (χ1) is 8.53. The van der Waals surface area contributed by atoms with E-state index in [0.717, 1.165) is 0 Å². The molecule has 0 bridgehead atoms. The summed E-state index contributed by atoms with van der Waals surface area (Å²) >= 11 is 15.1. The third-order valence-corrected chi connectivity index (χ3v) is 2.90. The number of allylic oxidation sites excluding steroid dienone is 2. The summed E-state index contributed by atoms with van der Waals surface area (Å²) in [7, 11) is 0. The van der Waals surface area contributed by atoms with Crippen LogP contribution < -0.4 is 5.32 Å². The number of rotatable bonds is 2. The number of nitrogens with zero attached hydrogens (tertiary/aromatic N) is 3. The molecular weight excluding hydrogens is 339 g/mol. The van der Waals surface area contributed by atoms with E-state index in [0.29, 0.717) is 4.47 Å². The van der Waals surface area contributed by atoms with Gasteiger partial charge in [-0.15, -0.1) is 0 Å². The van der Waals surface area contributed by atoms with Crippen molar-refractivity contribution in [1.29, 1.82) is 15.8 Å². The lowest BCUT2D eigenvalue weighted by Gasteiger charge is -2.09. The molecule has 0 saturated carbocycles. The van der Waals surface area contributed by atoms with Gasteiger partial charge in [0.25, 0.3) is 0 Å². The van der Waals surface area contributed by atoms with Crippen molar-refractivity contribution in [3.8, 4) is 18.2 Å². The van der Waals surface area contributed by atoms with E-state index >= 15 is 0 Å². The minimum absolute atomic E-state index is 0.203. The molecule has 0 unspecified atom stereocenters. The number of nitrogens with one attached hydrogen (secondary N) is 1. The summed E-state index contributed by atoms with van der Waals surface area (Å²) in [5, 5.41) is 29.4. The highest BCUT2D eigenvalue weighted by Crippen LogP contribution is 2.34. The predicted octanol–water partition coefficient (Wildman–Crippen LogP) is 3.99. The van der Waals surface area contributed by atoms with Gasteiger partial charge in [-0.05, 0) is 12.1 Å². The average molecular weight is 342 g/mol. The molecule has 0 aromatic heterocycles. The molecule has 0 heterocycles. The van der Waals surface area contributed by atoms with Gasteiger partial charge in [0.05, 0.1) is 15.7 Å². The number of anilines is 1. The van der Waals surface area contributed by atoms with Crippen LogP contribution in [0, 0.1) is 34.0 Å². The van der Waals surface area contributed by atoms with Crippen molar-refractivity contribution in [2.45, 2.75) is 0 Å². The van der Waals surface area contributed by atoms with Gasteiger partial charge in [-0.2, -0.15) is 15.8 Å². The Morgan fingerprint density at radius 3 is 1.94 bits per heavy atom. The molecule has 0 spiro atoms. The maximum atomic E-state index is 8.89. The zero-order chi connectivity index (χ0) is 13.7. The second-order valence-corrected chi connectivity index (χ2v) is 4.68. The number of halogens is 3. The Balaban J connectivity index is 3.30. The second kappa shape index (κ2) is 6.28. The number of hydrogen-bond donors (Lipinski definition) is 1. The van der Waals surface area contributed by atoms with Gasteiger partial charge < -0.3 is 5.32 Å². The molecule has 1 aromatic rings. The third-order valence-electron chi connectivity index (χ3n) is 1.84. The maximum Gasteiger partial charge on any atom is 0.163 e. The molecule has 1 rings (SSSR count). The highest BCUT2D eigenvalue weighted by molar-refractivity contribution is 9.10. The fourth-order valence-corrected chi connectivity index (χ4v) is 2.37. The fourth-order valence-electron chi connectivity index (χ4n) is 1.07. The molecule has 0 fully saturated rings. The summed E-state index contributed by atoms with van der Waals surface area (Å²) in [5.74, 6) is 0. The molecule has 0 amide bonds. The van der Waals surface area contributed by atoms with Crippen molar-refractivity contribution in [3.05, 3.63) is 37.9 Å². The quantitative estimate of drug-likeness (QED) is 0.824. The summed E-state index contributed by atoms with van der Waals surface area (Å²) in [6.45, 7) is 0. The summed E-state index contributed by atoms with van der Waals surface area (Å²) in [4.78, 5) is 0. The molecule has 0 aliphatic rings. The first-order valence-electron chi connectivity index (χ1n) is 4.39. The SMILES string of the molecule is N#CC(C#N)=C(C#N)Nc1c(Cl)cc(Br)cc1Cl. The van der Waals surface area contributed by atoms with Crippen LogP contribution >= 0.6 is 39.1 Å². The summed E-state index contributed by atoms with van der Waals surface area (Å²) in [5.41, 5.74) is -0.278. The second-order valence-electron chi connectivity index (χ2n) is 2.95.